The number of hydrogen-bond donors (Lipinski definition) is 1. The number of piperidine rings is 1. The Morgan fingerprint density at radius 2 is 2.22 bits per heavy atom. The van der Waals surface area contributed by atoms with Crippen LogP contribution in [0.5, 0.6) is 5.75 Å². The summed E-state index contributed by atoms with van der Waals surface area (Å²) in [5.41, 5.74) is 3.94. The van der Waals surface area contributed by atoms with E-state index in [9.17, 15) is 0 Å². The summed E-state index contributed by atoms with van der Waals surface area (Å²) < 4.78 is 5.83. The summed E-state index contributed by atoms with van der Waals surface area (Å²) >= 11 is 1.60. The van der Waals surface area contributed by atoms with Gasteiger partial charge in [0.05, 0.1) is 11.2 Å². The molecule has 0 spiro atoms. The van der Waals surface area contributed by atoms with Gasteiger partial charge in [-0.15, -0.1) is 11.3 Å². The van der Waals surface area contributed by atoms with Crippen molar-refractivity contribution in [3.63, 3.8) is 0 Å². The zero-order chi connectivity index (χ0) is 16.1. The van der Waals surface area contributed by atoms with Gasteiger partial charge in [0.1, 0.15) is 12.4 Å². The van der Waals surface area contributed by atoms with Gasteiger partial charge in [-0.3, -0.25) is 0 Å². The number of hydrogen-bond acceptors (Lipinski definition) is 5. The van der Waals surface area contributed by atoms with E-state index in [0.717, 1.165) is 23.0 Å². The molecule has 1 fully saturated rings. The standard InChI is InChI=1S/C18H25N3OS/c1-14(15-6-8-21(2)9-7-15)20-16-4-3-5-18(10-16)22-11-17-12-23-13-19-17/h3-5,10,12-15,20H,6-9,11H2,1-2H3/t14-/m0/s1. The number of rotatable bonds is 6. The van der Waals surface area contributed by atoms with Crippen LogP contribution < -0.4 is 10.1 Å². The average Bonchev–Trinajstić information content (AvgIpc) is 3.07. The van der Waals surface area contributed by atoms with Crippen LogP contribution in [0.25, 0.3) is 0 Å². The van der Waals surface area contributed by atoms with E-state index in [4.69, 9.17) is 4.74 Å². The Labute approximate surface area is 142 Å². The first-order chi connectivity index (χ1) is 11.2. The summed E-state index contributed by atoms with van der Waals surface area (Å²) in [6.45, 7) is 5.22. The van der Waals surface area contributed by atoms with Crippen LogP contribution in [-0.4, -0.2) is 36.1 Å². The number of thiazole rings is 1. The van der Waals surface area contributed by atoms with Gasteiger partial charge in [-0.05, 0) is 58.0 Å². The lowest BCUT2D eigenvalue weighted by molar-refractivity contribution is 0.208. The molecule has 23 heavy (non-hydrogen) atoms. The lowest BCUT2D eigenvalue weighted by Crippen LogP contribution is -2.37. The topological polar surface area (TPSA) is 37.4 Å². The van der Waals surface area contributed by atoms with Crippen molar-refractivity contribution in [2.75, 3.05) is 25.5 Å². The lowest BCUT2D eigenvalue weighted by Gasteiger charge is -2.33. The normalized spacial score (nSPS) is 17.8. The number of aromatic nitrogens is 1. The van der Waals surface area contributed by atoms with E-state index in [1.165, 1.54) is 25.9 Å². The van der Waals surface area contributed by atoms with Crippen LogP contribution in [0.3, 0.4) is 0 Å². The quantitative estimate of drug-likeness (QED) is 0.872. The molecule has 0 amide bonds. The molecule has 5 heteroatoms. The molecule has 0 unspecified atom stereocenters. The SMILES string of the molecule is C[C@H](Nc1cccc(OCc2cscn2)c1)C1CCN(C)CC1. The maximum absolute atomic E-state index is 5.83. The van der Waals surface area contributed by atoms with Crippen LogP contribution in [0.15, 0.2) is 35.2 Å². The van der Waals surface area contributed by atoms with Gasteiger partial charge in [0.2, 0.25) is 0 Å². The van der Waals surface area contributed by atoms with Gasteiger partial charge in [-0.2, -0.15) is 0 Å². The van der Waals surface area contributed by atoms with Crippen LogP contribution in [0.4, 0.5) is 5.69 Å². The number of likely N-dealkylation sites (tertiary alicyclic amines) is 1. The molecular formula is C18H25N3OS. The molecule has 3 rings (SSSR count). The third-order valence-corrected chi connectivity index (χ3v) is 5.20. The molecule has 1 aromatic heterocycles. The Bertz CT molecular complexity index is 594. The van der Waals surface area contributed by atoms with Gasteiger partial charge in [0.25, 0.3) is 0 Å². The summed E-state index contributed by atoms with van der Waals surface area (Å²) in [6, 6.07) is 8.72. The Kier molecular flexibility index (Phi) is 5.51. The van der Waals surface area contributed by atoms with Gasteiger partial charge in [0.15, 0.2) is 0 Å². The van der Waals surface area contributed by atoms with Crippen LogP contribution in [-0.2, 0) is 6.61 Å². The fourth-order valence-electron chi connectivity index (χ4n) is 3.05. The molecule has 4 nitrogen and oxygen atoms in total. The molecule has 2 heterocycles. The Morgan fingerprint density at radius 3 is 2.96 bits per heavy atom. The molecule has 0 saturated carbocycles. The summed E-state index contributed by atoms with van der Waals surface area (Å²) in [5, 5.41) is 5.67. The van der Waals surface area contributed by atoms with Gasteiger partial charge < -0.3 is 15.0 Å². The van der Waals surface area contributed by atoms with E-state index in [-0.39, 0.29) is 0 Å². The summed E-state index contributed by atoms with van der Waals surface area (Å²) in [7, 11) is 2.21. The van der Waals surface area contributed by atoms with Crippen molar-refractivity contribution in [1.29, 1.82) is 0 Å². The second kappa shape index (κ2) is 7.79. The minimum atomic E-state index is 0.484. The smallest absolute Gasteiger partial charge is 0.131 e. The molecule has 1 aromatic carbocycles. The first-order valence-electron chi connectivity index (χ1n) is 8.26. The van der Waals surface area contributed by atoms with Crippen molar-refractivity contribution < 1.29 is 4.74 Å². The lowest BCUT2D eigenvalue weighted by atomic mass is 9.90. The van der Waals surface area contributed by atoms with Crippen LogP contribution in [0.1, 0.15) is 25.5 Å². The second-order valence-electron chi connectivity index (χ2n) is 6.37. The number of nitrogens with one attached hydrogen (secondary N) is 1. The maximum Gasteiger partial charge on any atom is 0.131 e. The number of anilines is 1. The average molecular weight is 331 g/mol. The van der Waals surface area contributed by atoms with Crippen molar-refractivity contribution in [2.45, 2.75) is 32.4 Å². The Morgan fingerprint density at radius 1 is 1.39 bits per heavy atom. The molecule has 0 bridgehead atoms. The van der Waals surface area contributed by atoms with E-state index in [1.54, 1.807) is 11.3 Å². The van der Waals surface area contributed by atoms with Crippen LogP contribution in [0, 0.1) is 5.92 Å². The summed E-state index contributed by atoms with van der Waals surface area (Å²) in [4.78, 5) is 6.66. The Hall–Kier alpha value is -1.59. The fraction of sp³-hybridized carbons (Fsp3) is 0.500. The first kappa shape index (κ1) is 16.3. The molecule has 1 aliphatic rings. The molecule has 124 valence electrons. The number of benzene rings is 1. The molecule has 0 radical (unpaired) electrons. The minimum Gasteiger partial charge on any atom is -0.487 e. The van der Waals surface area contributed by atoms with Crippen LogP contribution in [0.2, 0.25) is 0 Å². The van der Waals surface area contributed by atoms with Crippen molar-refractivity contribution >= 4 is 17.0 Å². The van der Waals surface area contributed by atoms with Crippen molar-refractivity contribution in [2.24, 2.45) is 5.92 Å². The summed E-state index contributed by atoms with van der Waals surface area (Å²) in [5.74, 6) is 1.63. The highest BCUT2D eigenvalue weighted by Crippen LogP contribution is 2.24. The number of nitrogens with zero attached hydrogens (tertiary/aromatic N) is 2. The Balaban J connectivity index is 1.54. The second-order valence-corrected chi connectivity index (χ2v) is 7.09. The van der Waals surface area contributed by atoms with Crippen molar-refractivity contribution in [3.8, 4) is 5.75 Å². The first-order valence-corrected chi connectivity index (χ1v) is 9.20. The highest BCUT2D eigenvalue weighted by molar-refractivity contribution is 7.07. The zero-order valence-corrected chi connectivity index (χ0v) is 14.7. The van der Waals surface area contributed by atoms with Crippen molar-refractivity contribution in [1.82, 2.24) is 9.88 Å². The van der Waals surface area contributed by atoms with Gasteiger partial charge >= 0.3 is 0 Å². The third kappa shape index (κ3) is 4.69. The van der Waals surface area contributed by atoms with Gasteiger partial charge in [-0.1, -0.05) is 6.07 Å². The van der Waals surface area contributed by atoms with E-state index >= 15 is 0 Å². The largest absolute Gasteiger partial charge is 0.487 e. The fourth-order valence-corrected chi connectivity index (χ4v) is 3.59. The van der Waals surface area contributed by atoms with Gasteiger partial charge in [0, 0.05) is 23.2 Å². The van der Waals surface area contributed by atoms with Crippen molar-refractivity contribution in [3.05, 3.63) is 40.8 Å². The molecular weight excluding hydrogens is 306 g/mol. The number of ether oxygens (including phenoxy) is 1. The summed E-state index contributed by atoms with van der Waals surface area (Å²) in [6.07, 6.45) is 2.54. The monoisotopic (exact) mass is 331 g/mol. The highest BCUT2D eigenvalue weighted by atomic mass is 32.1. The van der Waals surface area contributed by atoms with E-state index in [0.29, 0.717) is 12.6 Å². The molecule has 0 aliphatic carbocycles. The predicted molar refractivity (Wildman–Crippen MR) is 96.2 cm³/mol. The maximum atomic E-state index is 5.83. The van der Waals surface area contributed by atoms with E-state index < -0.39 is 0 Å². The van der Waals surface area contributed by atoms with E-state index in [2.05, 4.69) is 41.3 Å². The van der Waals surface area contributed by atoms with Gasteiger partial charge in [-0.25, -0.2) is 4.98 Å². The molecule has 1 atom stereocenters. The molecule has 2 aromatic rings. The zero-order valence-electron chi connectivity index (χ0n) is 13.9. The molecule has 1 aliphatic heterocycles. The third-order valence-electron chi connectivity index (χ3n) is 4.57. The highest BCUT2D eigenvalue weighted by Gasteiger charge is 2.22. The predicted octanol–water partition coefficient (Wildman–Crippen LogP) is 3.86. The molecule has 1 saturated heterocycles. The van der Waals surface area contributed by atoms with Crippen LogP contribution >= 0.6 is 11.3 Å². The van der Waals surface area contributed by atoms with E-state index in [1.807, 2.05) is 23.0 Å². The molecule has 1 N–H and O–H groups in total. The minimum absolute atomic E-state index is 0.484.